The summed E-state index contributed by atoms with van der Waals surface area (Å²) < 4.78 is 19.1. The highest BCUT2D eigenvalue weighted by molar-refractivity contribution is 7.80. The number of aliphatic hydroxyl groups is 5. The number of hydrogen-bond donors (Lipinski definition) is 6. The molecule has 2 fully saturated rings. The zero-order valence-corrected chi connectivity index (χ0v) is 26.3. The number of benzene rings is 4. The Hall–Kier alpha value is -3.74. The second-order valence-corrected chi connectivity index (χ2v) is 12.8. The number of hydrogen-bond acceptors (Lipinski definition) is 8. The summed E-state index contributed by atoms with van der Waals surface area (Å²) in [6.07, 6.45) is -5.33. The van der Waals surface area contributed by atoms with Crippen LogP contribution in [0.1, 0.15) is 54.2 Å². The third-order valence-corrected chi connectivity index (χ3v) is 9.71. The van der Waals surface area contributed by atoms with Crippen LogP contribution in [0.25, 0.3) is 11.1 Å². The Morgan fingerprint density at radius 3 is 2.19 bits per heavy atom. The molecule has 246 valence electrons. The van der Waals surface area contributed by atoms with Crippen LogP contribution in [-0.4, -0.2) is 66.7 Å². The number of aliphatic hydroxyl groups excluding tert-OH is 5. The Balaban J connectivity index is 1.25. The molecule has 0 saturated carbocycles. The second-order valence-electron chi connectivity index (χ2n) is 12.3. The highest BCUT2D eigenvalue weighted by Gasteiger charge is 2.44. The molecule has 8 atom stereocenters. The number of halogens is 1. The lowest BCUT2D eigenvalue weighted by molar-refractivity contribution is -0.231. The SMILES string of the molecule is OC[C@H]1O[C@@H](c2ccc(-c3ccc([C@@H]4[C@H](CC[C@H](O)c5ccc(F)cc5)CC(=S)N4c4ccccc4)c(O)c3)cc2)[C@H](O)[C@@H](O)[C@@H]1O. The molecule has 6 rings (SSSR count). The van der Waals surface area contributed by atoms with Crippen LogP contribution in [0.3, 0.4) is 0 Å². The van der Waals surface area contributed by atoms with E-state index in [-0.39, 0.29) is 23.5 Å². The highest BCUT2D eigenvalue weighted by atomic mass is 32.1. The number of rotatable bonds is 9. The lowest BCUT2D eigenvalue weighted by Crippen LogP contribution is -2.55. The molecule has 0 unspecified atom stereocenters. The first-order chi connectivity index (χ1) is 22.7. The fourth-order valence-corrected chi connectivity index (χ4v) is 7.22. The van der Waals surface area contributed by atoms with Gasteiger partial charge in [0.1, 0.15) is 42.1 Å². The monoisotopic (exact) mass is 659 g/mol. The van der Waals surface area contributed by atoms with Crippen molar-refractivity contribution in [3.63, 3.8) is 0 Å². The maximum Gasteiger partial charge on any atom is 0.123 e. The Morgan fingerprint density at radius 2 is 1.53 bits per heavy atom. The van der Waals surface area contributed by atoms with Gasteiger partial charge in [-0.15, -0.1) is 0 Å². The Labute approximate surface area is 277 Å². The Kier molecular flexibility index (Phi) is 10.00. The van der Waals surface area contributed by atoms with Crippen LogP contribution >= 0.6 is 12.2 Å². The van der Waals surface area contributed by atoms with Gasteiger partial charge in [0.2, 0.25) is 0 Å². The number of thiocarbonyl (C=S) groups is 1. The van der Waals surface area contributed by atoms with Gasteiger partial charge in [-0.2, -0.15) is 0 Å². The molecule has 4 aromatic rings. The van der Waals surface area contributed by atoms with E-state index in [4.69, 9.17) is 17.0 Å². The molecule has 0 aromatic heterocycles. The molecular formula is C37H38FNO7S. The largest absolute Gasteiger partial charge is 0.508 e. The minimum absolute atomic E-state index is 0.00706. The molecular weight excluding hydrogens is 621 g/mol. The average Bonchev–Trinajstić information content (AvgIpc) is 3.42. The van der Waals surface area contributed by atoms with Crippen LogP contribution in [0, 0.1) is 11.7 Å². The normalized spacial score (nSPS) is 26.8. The number of anilines is 1. The van der Waals surface area contributed by atoms with Crippen molar-refractivity contribution in [1.82, 2.24) is 0 Å². The van der Waals surface area contributed by atoms with Crippen molar-refractivity contribution in [3.8, 4) is 16.9 Å². The molecule has 6 N–H and O–H groups in total. The highest BCUT2D eigenvalue weighted by Crippen LogP contribution is 2.47. The van der Waals surface area contributed by atoms with E-state index in [1.807, 2.05) is 54.6 Å². The zero-order valence-electron chi connectivity index (χ0n) is 25.5. The predicted octanol–water partition coefficient (Wildman–Crippen LogP) is 5.12. The van der Waals surface area contributed by atoms with Gasteiger partial charge in [-0.25, -0.2) is 4.39 Å². The van der Waals surface area contributed by atoms with Crippen LogP contribution in [-0.2, 0) is 4.74 Å². The van der Waals surface area contributed by atoms with Crippen molar-refractivity contribution in [2.24, 2.45) is 5.92 Å². The van der Waals surface area contributed by atoms with Crippen LogP contribution in [0.2, 0.25) is 0 Å². The number of nitrogens with zero attached hydrogens (tertiary/aromatic N) is 1. The van der Waals surface area contributed by atoms with E-state index in [1.165, 1.54) is 12.1 Å². The Bertz CT molecular complexity index is 1670. The summed E-state index contributed by atoms with van der Waals surface area (Å²) in [5, 5.41) is 62.7. The average molecular weight is 660 g/mol. The van der Waals surface area contributed by atoms with Gasteiger partial charge in [0.25, 0.3) is 0 Å². The van der Waals surface area contributed by atoms with Crippen LogP contribution in [0.15, 0.2) is 97.1 Å². The van der Waals surface area contributed by atoms with Gasteiger partial charge in [-0.3, -0.25) is 0 Å². The quantitative estimate of drug-likeness (QED) is 0.136. The van der Waals surface area contributed by atoms with Crippen molar-refractivity contribution in [1.29, 1.82) is 0 Å². The van der Waals surface area contributed by atoms with Gasteiger partial charge < -0.3 is 40.3 Å². The van der Waals surface area contributed by atoms with E-state index < -0.39 is 43.2 Å². The van der Waals surface area contributed by atoms with E-state index in [0.29, 0.717) is 36.0 Å². The standard InChI is InChI=1S/C37H38FNO7S/c38-26-14-10-22(11-15-26)29(41)17-13-25-19-32(47)39(27-4-2-1-3-5-27)33(25)28-16-12-24(18-30(28)42)21-6-8-23(9-7-21)37-36(45)35(44)34(43)31(20-40)46-37/h1-12,14-16,18,25,29,31,33-37,40-45H,13,17,19-20H2/t25-,29+,31-,33+,34-,35+,36-,37+/m1/s1. The van der Waals surface area contributed by atoms with E-state index in [2.05, 4.69) is 4.90 Å². The van der Waals surface area contributed by atoms with Gasteiger partial charge in [-0.05, 0) is 71.3 Å². The molecule has 10 heteroatoms. The van der Waals surface area contributed by atoms with Crippen LogP contribution in [0.4, 0.5) is 10.1 Å². The van der Waals surface area contributed by atoms with Crippen molar-refractivity contribution in [2.45, 2.75) is 61.9 Å². The molecule has 2 heterocycles. The summed E-state index contributed by atoms with van der Waals surface area (Å²) in [5.74, 6) is -0.267. The molecule has 8 nitrogen and oxygen atoms in total. The molecule has 0 amide bonds. The van der Waals surface area contributed by atoms with Gasteiger partial charge in [0.15, 0.2) is 0 Å². The summed E-state index contributed by atoms with van der Waals surface area (Å²) in [6, 6.07) is 28.0. The first kappa shape index (κ1) is 33.2. The fraction of sp³-hybridized carbons (Fsp3) is 0.324. The van der Waals surface area contributed by atoms with E-state index >= 15 is 0 Å². The molecule has 0 spiro atoms. The lowest BCUT2D eigenvalue weighted by atomic mass is 9.86. The number of phenols is 1. The molecule has 47 heavy (non-hydrogen) atoms. The van der Waals surface area contributed by atoms with Crippen molar-refractivity contribution in [3.05, 3.63) is 120 Å². The van der Waals surface area contributed by atoms with Crippen molar-refractivity contribution in [2.75, 3.05) is 11.5 Å². The topological polar surface area (TPSA) is 134 Å². The van der Waals surface area contributed by atoms with Gasteiger partial charge in [0.05, 0.1) is 23.7 Å². The zero-order chi connectivity index (χ0) is 33.2. The third-order valence-electron chi connectivity index (χ3n) is 9.34. The maximum absolute atomic E-state index is 13.4. The fourth-order valence-electron chi connectivity index (χ4n) is 6.79. The lowest BCUT2D eigenvalue weighted by Gasteiger charge is -2.40. The maximum atomic E-state index is 13.4. The summed E-state index contributed by atoms with van der Waals surface area (Å²) in [5.41, 5.74) is 4.37. The number of aromatic hydroxyl groups is 1. The molecule has 0 radical (unpaired) electrons. The predicted molar refractivity (Wildman–Crippen MR) is 179 cm³/mol. The minimum atomic E-state index is -1.47. The van der Waals surface area contributed by atoms with E-state index in [1.54, 1.807) is 30.3 Å². The van der Waals surface area contributed by atoms with Crippen LogP contribution < -0.4 is 4.90 Å². The molecule has 2 aliphatic rings. The van der Waals surface area contributed by atoms with E-state index in [9.17, 15) is 35.0 Å². The molecule has 2 aliphatic heterocycles. The number of ether oxygens (including phenoxy) is 1. The summed E-state index contributed by atoms with van der Waals surface area (Å²) >= 11 is 5.88. The number of para-hydroxylation sites is 1. The molecule has 4 aromatic carbocycles. The van der Waals surface area contributed by atoms with E-state index in [0.717, 1.165) is 21.8 Å². The summed E-state index contributed by atoms with van der Waals surface area (Å²) in [4.78, 5) is 2.82. The smallest absolute Gasteiger partial charge is 0.123 e. The summed E-state index contributed by atoms with van der Waals surface area (Å²) in [7, 11) is 0. The van der Waals surface area contributed by atoms with Crippen molar-refractivity contribution < 1.29 is 39.8 Å². The Morgan fingerprint density at radius 1 is 0.851 bits per heavy atom. The third kappa shape index (κ3) is 6.81. The van der Waals surface area contributed by atoms with Gasteiger partial charge in [-0.1, -0.05) is 78.9 Å². The molecule has 0 aliphatic carbocycles. The van der Waals surface area contributed by atoms with Crippen molar-refractivity contribution >= 4 is 22.9 Å². The van der Waals surface area contributed by atoms with Gasteiger partial charge in [0, 0.05) is 17.7 Å². The summed E-state index contributed by atoms with van der Waals surface area (Å²) in [6.45, 7) is -0.506. The van der Waals surface area contributed by atoms with Crippen LogP contribution in [0.5, 0.6) is 5.75 Å². The molecule has 2 saturated heterocycles. The minimum Gasteiger partial charge on any atom is -0.508 e. The number of phenolic OH excluding ortho intramolecular Hbond substituents is 1. The van der Waals surface area contributed by atoms with Gasteiger partial charge >= 0.3 is 0 Å². The second kappa shape index (κ2) is 14.2. The first-order valence-corrected chi connectivity index (χ1v) is 16.1. The first-order valence-electron chi connectivity index (χ1n) is 15.7. The molecule has 0 bridgehead atoms.